The molecule has 2 aromatic rings. The number of benzene rings is 1. The molecule has 0 aliphatic carbocycles. The van der Waals surface area contributed by atoms with Crippen LogP contribution in [0.25, 0.3) is 10.9 Å². The van der Waals surface area contributed by atoms with E-state index in [0.29, 0.717) is 15.9 Å². The topological polar surface area (TPSA) is 12.9 Å². The maximum absolute atomic E-state index is 6.34. The van der Waals surface area contributed by atoms with Crippen molar-refractivity contribution in [3.8, 4) is 0 Å². The maximum Gasteiger partial charge on any atom is 0.0721 e. The van der Waals surface area contributed by atoms with E-state index in [1.54, 1.807) is 0 Å². The molecule has 0 aliphatic rings. The van der Waals surface area contributed by atoms with Gasteiger partial charge in [0.25, 0.3) is 0 Å². The molecule has 84 valence electrons. The first kappa shape index (κ1) is 12.0. The fourth-order valence-electron chi connectivity index (χ4n) is 1.74. The number of rotatable bonds is 2. The van der Waals surface area contributed by atoms with Crippen LogP contribution in [-0.4, -0.2) is 10.9 Å². The van der Waals surface area contributed by atoms with Crippen molar-refractivity contribution in [2.75, 3.05) is 5.88 Å². The van der Waals surface area contributed by atoms with E-state index < -0.39 is 0 Å². The van der Waals surface area contributed by atoms with Gasteiger partial charge in [0.1, 0.15) is 0 Å². The molecule has 0 atom stereocenters. The lowest BCUT2D eigenvalue weighted by atomic mass is 10.1. The molecule has 1 heterocycles. The standard InChI is InChI=1S/C12H10Cl3N/c1-7-9(4-5-13)12(15)10-6-8(14)2-3-11(10)16-7/h2-3,6H,4-5H2,1H3. The lowest BCUT2D eigenvalue weighted by Gasteiger charge is -2.09. The normalized spacial score (nSPS) is 11.0. The molecule has 0 saturated carbocycles. The molecule has 0 unspecified atom stereocenters. The molecule has 0 saturated heterocycles. The van der Waals surface area contributed by atoms with Crippen LogP contribution < -0.4 is 0 Å². The molecule has 0 N–H and O–H groups in total. The number of pyridine rings is 1. The van der Waals surface area contributed by atoms with E-state index >= 15 is 0 Å². The average Bonchev–Trinajstić information content (AvgIpc) is 2.26. The minimum atomic E-state index is 0.536. The molecule has 16 heavy (non-hydrogen) atoms. The van der Waals surface area contributed by atoms with Gasteiger partial charge in [-0.2, -0.15) is 0 Å². The first-order valence-corrected chi connectivity index (χ1v) is 6.22. The molecule has 0 fully saturated rings. The molecule has 2 rings (SSSR count). The van der Waals surface area contributed by atoms with Crippen molar-refractivity contribution in [3.05, 3.63) is 39.5 Å². The van der Waals surface area contributed by atoms with Crippen LogP contribution in [0, 0.1) is 6.92 Å². The summed E-state index contributed by atoms with van der Waals surface area (Å²) in [5, 5.41) is 2.27. The number of aryl methyl sites for hydroxylation is 1. The van der Waals surface area contributed by atoms with Crippen LogP contribution in [0.2, 0.25) is 10.0 Å². The highest BCUT2D eigenvalue weighted by atomic mass is 35.5. The highest BCUT2D eigenvalue weighted by molar-refractivity contribution is 6.37. The Morgan fingerprint density at radius 1 is 1.25 bits per heavy atom. The summed E-state index contributed by atoms with van der Waals surface area (Å²) in [5.74, 6) is 0.536. The minimum Gasteiger partial charge on any atom is -0.253 e. The zero-order valence-electron chi connectivity index (χ0n) is 8.73. The monoisotopic (exact) mass is 273 g/mol. The Balaban J connectivity index is 2.74. The van der Waals surface area contributed by atoms with Crippen LogP contribution in [0.1, 0.15) is 11.3 Å². The fourth-order valence-corrected chi connectivity index (χ4v) is 2.48. The number of nitrogens with zero attached hydrogens (tertiary/aromatic N) is 1. The van der Waals surface area contributed by atoms with Crippen molar-refractivity contribution in [3.63, 3.8) is 0 Å². The molecule has 1 aromatic heterocycles. The van der Waals surface area contributed by atoms with Gasteiger partial charge in [0, 0.05) is 22.0 Å². The average molecular weight is 275 g/mol. The van der Waals surface area contributed by atoms with E-state index in [2.05, 4.69) is 4.98 Å². The Labute approximate surface area is 109 Å². The van der Waals surface area contributed by atoms with E-state index in [4.69, 9.17) is 34.8 Å². The van der Waals surface area contributed by atoms with Crippen molar-refractivity contribution in [1.82, 2.24) is 4.98 Å². The Hall–Kier alpha value is -0.500. The van der Waals surface area contributed by atoms with Crippen LogP contribution in [0.4, 0.5) is 0 Å². The number of alkyl halides is 1. The Bertz CT molecular complexity index is 537. The molecule has 1 aromatic carbocycles. The summed E-state index contributed by atoms with van der Waals surface area (Å²) in [6.45, 7) is 1.95. The second kappa shape index (κ2) is 4.79. The summed E-state index contributed by atoms with van der Waals surface area (Å²) in [6, 6.07) is 5.53. The molecular formula is C12H10Cl3N. The highest BCUT2D eigenvalue weighted by Crippen LogP contribution is 2.30. The lowest BCUT2D eigenvalue weighted by Crippen LogP contribution is -1.97. The zero-order chi connectivity index (χ0) is 11.7. The summed E-state index contributed by atoms with van der Waals surface area (Å²) < 4.78 is 0. The van der Waals surface area contributed by atoms with Gasteiger partial charge in [0.15, 0.2) is 0 Å². The van der Waals surface area contributed by atoms with Crippen molar-refractivity contribution < 1.29 is 0 Å². The predicted octanol–water partition coefficient (Wildman–Crippen LogP) is 4.63. The van der Waals surface area contributed by atoms with Gasteiger partial charge in [0.2, 0.25) is 0 Å². The number of fused-ring (bicyclic) bond motifs is 1. The number of hydrogen-bond donors (Lipinski definition) is 0. The smallest absolute Gasteiger partial charge is 0.0721 e. The van der Waals surface area contributed by atoms with Gasteiger partial charge >= 0.3 is 0 Å². The van der Waals surface area contributed by atoms with Crippen molar-refractivity contribution >= 4 is 45.7 Å². The first-order valence-electron chi connectivity index (χ1n) is 4.93. The molecule has 4 heteroatoms. The minimum absolute atomic E-state index is 0.536. The second-order valence-corrected chi connectivity index (χ2v) is 4.78. The Morgan fingerprint density at radius 3 is 2.69 bits per heavy atom. The molecule has 0 spiro atoms. The van der Waals surface area contributed by atoms with Crippen molar-refractivity contribution in [1.29, 1.82) is 0 Å². The quantitative estimate of drug-likeness (QED) is 0.728. The van der Waals surface area contributed by atoms with Gasteiger partial charge < -0.3 is 0 Å². The van der Waals surface area contributed by atoms with E-state index in [9.17, 15) is 0 Å². The van der Waals surface area contributed by atoms with Gasteiger partial charge in [-0.05, 0) is 37.1 Å². The third-order valence-electron chi connectivity index (χ3n) is 2.53. The number of aromatic nitrogens is 1. The van der Waals surface area contributed by atoms with Crippen LogP contribution in [0.3, 0.4) is 0 Å². The van der Waals surface area contributed by atoms with Gasteiger partial charge in [0.05, 0.1) is 10.5 Å². The maximum atomic E-state index is 6.34. The summed E-state index contributed by atoms with van der Waals surface area (Å²) >= 11 is 18.0. The third-order valence-corrected chi connectivity index (χ3v) is 3.39. The fraction of sp³-hybridized carbons (Fsp3) is 0.250. The van der Waals surface area contributed by atoms with E-state index in [1.165, 1.54) is 0 Å². The van der Waals surface area contributed by atoms with Crippen LogP contribution in [0.5, 0.6) is 0 Å². The largest absolute Gasteiger partial charge is 0.253 e. The number of hydrogen-bond acceptors (Lipinski definition) is 1. The predicted molar refractivity (Wildman–Crippen MR) is 70.9 cm³/mol. The van der Waals surface area contributed by atoms with Crippen molar-refractivity contribution in [2.45, 2.75) is 13.3 Å². The summed E-state index contributed by atoms with van der Waals surface area (Å²) in [6.07, 6.45) is 0.724. The van der Waals surface area contributed by atoms with Gasteiger partial charge in [-0.25, -0.2) is 0 Å². The molecule has 0 bridgehead atoms. The van der Waals surface area contributed by atoms with E-state index in [0.717, 1.165) is 28.6 Å². The first-order chi connectivity index (χ1) is 7.63. The van der Waals surface area contributed by atoms with Gasteiger partial charge in [-0.1, -0.05) is 23.2 Å². The molecule has 0 amide bonds. The van der Waals surface area contributed by atoms with E-state index in [1.807, 2.05) is 25.1 Å². The third kappa shape index (κ3) is 2.13. The summed E-state index contributed by atoms with van der Waals surface area (Å²) in [5.41, 5.74) is 2.80. The summed E-state index contributed by atoms with van der Waals surface area (Å²) in [4.78, 5) is 4.49. The molecular weight excluding hydrogens is 264 g/mol. The lowest BCUT2D eigenvalue weighted by molar-refractivity contribution is 1.07. The molecule has 0 radical (unpaired) electrons. The number of halogens is 3. The highest BCUT2D eigenvalue weighted by Gasteiger charge is 2.10. The van der Waals surface area contributed by atoms with Crippen LogP contribution >= 0.6 is 34.8 Å². The second-order valence-electron chi connectivity index (χ2n) is 3.59. The van der Waals surface area contributed by atoms with E-state index in [-0.39, 0.29) is 0 Å². The molecule has 0 aliphatic heterocycles. The van der Waals surface area contributed by atoms with Crippen LogP contribution in [-0.2, 0) is 6.42 Å². The summed E-state index contributed by atoms with van der Waals surface area (Å²) in [7, 11) is 0. The van der Waals surface area contributed by atoms with Crippen LogP contribution in [0.15, 0.2) is 18.2 Å². The SMILES string of the molecule is Cc1nc2ccc(Cl)cc2c(Cl)c1CCCl. The zero-order valence-corrected chi connectivity index (χ0v) is 11.0. The molecule has 1 nitrogen and oxygen atoms in total. The van der Waals surface area contributed by atoms with Crippen molar-refractivity contribution in [2.24, 2.45) is 0 Å². The van der Waals surface area contributed by atoms with Gasteiger partial charge in [-0.3, -0.25) is 4.98 Å². The Morgan fingerprint density at radius 2 is 2.00 bits per heavy atom. The van der Waals surface area contributed by atoms with Gasteiger partial charge in [-0.15, -0.1) is 11.6 Å². The Kier molecular flexibility index (Phi) is 3.58.